The van der Waals surface area contributed by atoms with Crippen molar-refractivity contribution in [3.05, 3.63) is 66.6 Å². The van der Waals surface area contributed by atoms with Gasteiger partial charge in [-0.05, 0) is 50.2 Å². The highest BCUT2D eigenvalue weighted by Crippen LogP contribution is 2.28. The van der Waals surface area contributed by atoms with Gasteiger partial charge in [0.15, 0.2) is 11.5 Å². The van der Waals surface area contributed by atoms with Crippen LogP contribution in [-0.2, 0) is 11.3 Å². The van der Waals surface area contributed by atoms with Crippen LogP contribution in [0, 0.1) is 0 Å². The molecule has 0 saturated heterocycles. The van der Waals surface area contributed by atoms with Crippen LogP contribution in [0.15, 0.2) is 60.9 Å². The van der Waals surface area contributed by atoms with Gasteiger partial charge in [-0.3, -0.25) is 9.59 Å². The number of anilines is 4. The molecule has 1 aromatic heterocycles. The highest BCUT2D eigenvalue weighted by Gasteiger charge is 2.19. The van der Waals surface area contributed by atoms with Gasteiger partial charge in [-0.15, -0.1) is 0 Å². The third kappa shape index (κ3) is 5.03. The lowest BCUT2D eigenvalue weighted by molar-refractivity contribution is -0.116. The monoisotopic (exact) mass is 420 g/mol. The second-order valence-electron chi connectivity index (χ2n) is 7.29. The standard InChI is InChI=1S/C23H28N6O2/c1-16(2)29(18-8-6-5-7-9-18)19-12-10-17(11-13-19)27-20(30)14-28-15-26-22(24-3)21(28)23(31)25-4/h5-13,15-16,24H,14H2,1-4H3,(H,25,31)(H,27,30). The van der Waals surface area contributed by atoms with Crippen molar-refractivity contribution in [1.29, 1.82) is 0 Å². The maximum atomic E-state index is 12.6. The molecule has 8 nitrogen and oxygen atoms in total. The van der Waals surface area contributed by atoms with E-state index in [1.54, 1.807) is 7.05 Å². The van der Waals surface area contributed by atoms with Crippen molar-refractivity contribution in [3.8, 4) is 0 Å². The maximum Gasteiger partial charge on any atom is 0.271 e. The molecule has 2 aromatic carbocycles. The molecule has 0 fully saturated rings. The summed E-state index contributed by atoms with van der Waals surface area (Å²) in [4.78, 5) is 31.1. The molecule has 162 valence electrons. The van der Waals surface area contributed by atoms with Crippen LogP contribution in [0.4, 0.5) is 22.9 Å². The van der Waals surface area contributed by atoms with E-state index in [0.29, 0.717) is 17.2 Å². The van der Waals surface area contributed by atoms with E-state index >= 15 is 0 Å². The van der Waals surface area contributed by atoms with Gasteiger partial charge < -0.3 is 25.4 Å². The van der Waals surface area contributed by atoms with E-state index in [2.05, 4.69) is 51.8 Å². The quantitative estimate of drug-likeness (QED) is 0.519. The number of para-hydroxylation sites is 1. The lowest BCUT2D eigenvalue weighted by Gasteiger charge is -2.29. The molecule has 3 aromatic rings. The second-order valence-corrected chi connectivity index (χ2v) is 7.29. The topological polar surface area (TPSA) is 91.3 Å². The number of nitrogens with zero attached hydrogens (tertiary/aromatic N) is 3. The summed E-state index contributed by atoms with van der Waals surface area (Å²) in [6.45, 7) is 4.25. The Hall–Kier alpha value is -3.81. The summed E-state index contributed by atoms with van der Waals surface area (Å²) in [6.07, 6.45) is 1.47. The Morgan fingerprint density at radius 3 is 2.23 bits per heavy atom. The van der Waals surface area contributed by atoms with Crippen LogP contribution >= 0.6 is 0 Å². The van der Waals surface area contributed by atoms with E-state index in [1.807, 2.05) is 42.5 Å². The molecule has 0 bridgehead atoms. The molecule has 0 saturated carbocycles. The minimum atomic E-state index is -0.311. The number of hydrogen-bond acceptors (Lipinski definition) is 5. The Labute approximate surface area is 182 Å². The number of hydrogen-bond donors (Lipinski definition) is 3. The lowest BCUT2D eigenvalue weighted by atomic mass is 10.2. The molecule has 1 heterocycles. The molecule has 0 spiro atoms. The number of imidazole rings is 1. The third-order valence-corrected chi connectivity index (χ3v) is 4.81. The molecule has 0 aliphatic rings. The number of benzene rings is 2. The number of carbonyl (C=O) groups is 2. The highest BCUT2D eigenvalue weighted by atomic mass is 16.2. The van der Waals surface area contributed by atoms with Gasteiger partial charge in [0.2, 0.25) is 5.91 Å². The van der Waals surface area contributed by atoms with Gasteiger partial charge in [-0.25, -0.2) is 4.98 Å². The van der Waals surface area contributed by atoms with Gasteiger partial charge in [0.25, 0.3) is 5.91 Å². The van der Waals surface area contributed by atoms with Crippen molar-refractivity contribution >= 4 is 34.7 Å². The maximum absolute atomic E-state index is 12.6. The van der Waals surface area contributed by atoms with E-state index in [0.717, 1.165) is 11.4 Å². The summed E-state index contributed by atoms with van der Waals surface area (Å²) in [5, 5.41) is 8.31. The Morgan fingerprint density at radius 2 is 1.65 bits per heavy atom. The first kappa shape index (κ1) is 21.9. The summed E-state index contributed by atoms with van der Waals surface area (Å²) in [5.74, 6) is -0.137. The van der Waals surface area contributed by atoms with Crippen molar-refractivity contribution in [2.45, 2.75) is 26.4 Å². The normalized spacial score (nSPS) is 10.6. The molecule has 0 atom stereocenters. The van der Waals surface area contributed by atoms with E-state index in [9.17, 15) is 9.59 Å². The molecule has 0 aliphatic heterocycles. The average molecular weight is 421 g/mol. The van der Waals surface area contributed by atoms with Crippen molar-refractivity contribution in [1.82, 2.24) is 14.9 Å². The first-order valence-corrected chi connectivity index (χ1v) is 10.1. The van der Waals surface area contributed by atoms with Crippen LogP contribution in [0.5, 0.6) is 0 Å². The largest absolute Gasteiger partial charge is 0.371 e. The van der Waals surface area contributed by atoms with Crippen molar-refractivity contribution in [2.24, 2.45) is 0 Å². The van der Waals surface area contributed by atoms with Crippen LogP contribution in [0.3, 0.4) is 0 Å². The number of rotatable bonds is 8. The van der Waals surface area contributed by atoms with Crippen LogP contribution in [0.2, 0.25) is 0 Å². The Balaban J connectivity index is 1.72. The van der Waals surface area contributed by atoms with Crippen LogP contribution in [-0.4, -0.2) is 41.5 Å². The fraction of sp³-hybridized carbons (Fsp3) is 0.261. The Morgan fingerprint density at radius 1 is 1.00 bits per heavy atom. The molecular weight excluding hydrogens is 392 g/mol. The van der Waals surface area contributed by atoms with E-state index in [-0.39, 0.29) is 24.4 Å². The summed E-state index contributed by atoms with van der Waals surface area (Å²) in [7, 11) is 3.22. The minimum Gasteiger partial charge on any atom is -0.371 e. The van der Waals surface area contributed by atoms with Crippen LogP contribution in [0.25, 0.3) is 0 Å². The van der Waals surface area contributed by atoms with Crippen molar-refractivity contribution in [2.75, 3.05) is 29.6 Å². The Kier molecular flexibility index (Phi) is 6.92. The van der Waals surface area contributed by atoms with Gasteiger partial charge in [-0.1, -0.05) is 18.2 Å². The van der Waals surface area contributed by atoms with Crippen molar-refractivity contribution < 1.29 is 9.59 Å². The minimum absolute atomic E-state index is 0.0265. The molecule has 8 heteroatoms. The molecule has 0 radical (unpaired) electrons. The fourth-order valence-electron chi connectivity index (χ4n) is 3.44. The highest BCUT2D eigenvalue weighted by molar-refractivity contribution is 5.98. The Bertz CT molecular complexity index is 1030. The number of amides is 2. The van der Waals surface area contributed by atoms with Crippen LogP contribution in [0.1, 0.15) is 24.3 Å². The summed E-state index contributed by atoms with van der Waals surface area (Å²) < 4.78 is 1.52. The predicted molar refractivity (Wildman–Crippen MR) is 124 cm³/mol. The molecule has 0 aliphatic carbocycles. The number of aromatic nitrogens is 2. The van der Waals surface area contributed by atoms with Gasteiger partial charge in [0.05, 0.1) is 6.33 Å². The van der Waals surface area contributed by atoms with Gasteiger partial charge >= 0.3 is 0 Å². The van der Waals surface area contributed by atoms with Crippen LogP contribution < -0.4 is 20.9 Å². The van der Waals surface area contributed by atoms with E-state index < -0.39 is 0 Å². The molecule has 3 rings (SSSR count). The molecule has 0 unspecified atom stereocenters. The molecule has 3 N–H and O–H groups in total. The summed E-state index contributed by atoms with van der Waals surface area (Å²) in [6, 6.07) is 18.2. The number of nitrogens with one attached hydrogen (secondary N) is 3. The smallest absolute Gasteiger partial charge is 0.271 e. The molecular formula is C23H28N6O2. The van der Waals surface area contributed by atoms with Gasteiger partial charge in [-0.2, -0.15) is 0 Å². The van der Waals surface area contributed by atoms with Gasteiger partial charge in [0.1, 0.15) is 6.54 Å². The molecule has 31 heavy (non-hydrogen) atoms. The predicted octanol–water partition coefficient (Wildman–Crippen LogP) is 3.47. The van der Waals surface area contributed by atoms with Gasteiger partial charge in [0, 0.05) is 37.2 Å². The summed E-state index contributed by atoms with van der Waals surface area (Å²) >= 11 is 0. The SMILES string of the molecule is CNC(=O)c1c(NC)ncn1CC(=O)Nc1ccc(N(c2ccccc2)C(C)C)cc1. The van der Waals surface area contributed by atoms with E-state index in [4.69, 9.17) is 0 Å². The van der Waals surface area contributed by atoms with Crippen molar-refractivity contribution in [3.63, 3.8) is 0 Å². The zero-order valence-corrected chi connectivity index (χ0v) is 18.2. The average Bonchev–Trinajstić information content (AvgIpc) is 3.17. The zero-order chi connectivity index (χ0) is 22.4. The van der Waals surface area contributed by atoms with E-state index in [1.165, 1.54) is 17.9 Å². The fourth-order valence-corrected chi connectivity index (χ4v) is 3.44. The summed E-state index contributed by atoms with van der Waals surface area (Å²) in [5.41, 5.74) is 3.14. The second kappa shape index (κ2) is 9.80. The number of carbonyl (C=O) groups excluding carboxylic acids is 2. The first-order chi connectivity index (χ1) is 14.9. The third-order valence-electron chi connectivity index (χ3n) is 4.81. The molecule has 2 amide bonds. The first-order valence-electron chi connectivity index (χ1n) is 10.1. The lowest BCUT2D eigenvalue weighted by Crippen LogP contribution is -2.26. The zero-order valence-electron chi connectivity index (χ0n) is 18.2.